The number of benzene rings is 1. The molecule has 1 N–H and O–H groups in total. The molecule has 23 heavy (non-hydrogen) atoms. The van der Waals surface area contributed by atoms with Crippen LogP contribution in [0, 0.1) is 0 Å². The number of likely N-dealkylation sites (N-methyl/N-ethyl adjacent to an activating group) is 1. The van der Waals surface area contributed by atoms with Crippen LogP contribution in [0.2, 0.25) is 10.0 Å². The topological polar surface area (TPSA) is 32.3 Å². The summed E-state index contributed by atoms with van der Waals surface area (Å²) in [5.41, 5.74) is 0.792. The van der Waals surface area contributed by atoms with Crippen molar-refractivity contribution in [2.75, 3.05) is 20.6 Å². The minimum absolute atomic E-state index is 0.149. The molecule has 1 aromatic heterocycles. The van der Waals surface area contributed by atoms with E-state index >= 15 is 0 Å². The van der Waals surface area contributed by atoms with Gasteiger partial charge in [-0.1, -0.05) is 29.3 Å². The predicted molar refractivity (Wildman–Crippen MR) is 99.3 cm³/mol. The van der Waals surface area contributed by atoms with E-state index in [0.29, 0.717) is 16.6 Å². The Bertz CT molecular complexity index is 664. The molecule has 0 aliphatic heterocycles. The van der Waals surface area contributed by atoms with Crippen LogP contribution in [0.15, 0.2) is 41.8 Å². The van der Waals surface area contributed by atoms with E-state index in [1.54, 1.807) is 35.6 Å². The Labute approximate surface area is 150 Å². The fourth-order valence-electron chi connectivity index (χ4n) is 2.12. The molecule has 3 nitrogen and oxygen atoms in total. The van der Waals surface area contributed by atoms with Crippen molar-refractivity contribution in [3.05, 3.63) is 62.3 Å². The van der Waals surface area contributed by atoms with Crippen molar-refractivity contribution in [3.63, 3.8) is 0 Å². The van der Waals surface area contributed by atoms with E-state index < -0.39 is 0 Å². The number of thiophene rings is 1. The zero-order valence-electron chi connectivity index (χ0n) is 12.9. The lowest BCUT2D eigenvalue weighted by Gasteiger charge is -2.23. The number of amides is 1. The van der Waals surface area contributed by atoms with Gasteiger partial charge in [-0.15, -0.1) is 11.3 Å². The molecule has 0 bridgehead atoms. The van der Waals surface area contributed by atoms with Crippen LogP contribution in [0.5, 0.6) is 0 Å². The summed E-state index contributed by atoms with van der Waals surface area (Å²) >= 11 is 13.6. The van der Waals surface area contributed by atoms with Crippen LogP contribution in [0.1, 0.15) is 16.5 Å². The van der Waals surface area contributed by atoms with Gasteiger partial charge in [-0.3, -0.25) is 4.79 Å². The molecule has 2 aromatic rings. The second kappa shape index (κ2) is 8.50. The van der Waals surface area contributed by atoms with E-state index in [0.717, 1.165) is 5.56 Å². The highest BCUT2D eigenvalue weighted by atomic mass is 35.5. The second-order valence-electron chi connectivity index (χ2n) is 5.28. The normalized spacial score (nSPS) is 12.7. The number of carbonyl (C=O) groups is 1. The molecule has 0 spiro atoms. The van der Waals surface area contributed by atoms with Crippen molar-refractivity contribution in [1.29, 1.82) is 0 Å². The van der Waals surface area contributed by atoms with E-state index in [4.69, 9.17) is 23.2 Å². The number of hydrogen-bond donors (Lipinski definition) is 1. The fraction of sp³-hybridized carbons (Fsp3) is 0.235. The van der Waals surface area contributed by atoms with Crippen molar-refractivity contribution in [2.45, 2.75) is 6.04 Å². The Kier molecular flexibility index (Phi) is 6.66. The summed E-state index contributed by atoms with van der Waals surface area (Å²) in [6.07, 6.45) is 3.19. The van der Waals surface area contributed by atoms with Crippen molar-refractivity contribution in [2.24, 2.45) is 0 Å². The first-order valence-electron chi connectivity index (χ1n) is 7.07. The summed E-state index contributed by atoms with van der Waals surface area (Å²) in [7, 11) is 4.00. The number of rotatable bonds is 6. The lowest BCUT2D eigenvalue weighted by Crippen LogP contribution is -2.33. The van der Waals surface area contributed by atoms with Gasteiger partial charge in [-0.2, -0.15) is 0 Å². The summed E-state index contributed by atoms with van der Waals surface area (Å²) in [6, 6.07) is 9.42. The molecule has 122 valence electrons. The first-order chi connectivity index (χ1) is 11.0. The van der Waals surface area contributed by atoms with Crippen LogP contribution in [-0.4, -0.2) is 31.4 Å². The molecule has 1 amide bonds. The number of halogens is 2. The highest BCUT2D eigenvalue weighted by molar-refractivity contribution is 7.10. The van der Waals surface area contributed by atoms with E-state index in [9.17, 15) is 4.79 Å². The number of hydrogen-bond acceptors (Lipinski definition) is 3. The molecule has 1 heterocycles. The highest BCUT2D eigenvalue weighted by Crippen LogP contribution is 2.22. The molecule has 2 rings (SSSR count). The van der Waals surface area contributed by atoms with Crippen molar-refractivity contribution in [3.8, 4) is 0 Å². The van der Waals surface area contributed by atoms with Crippen LogP contribution >= 0.6 is 34.5 Å². The molecule has 0 aliphatic rings. The van der Waals surface area contributed by atoms with Gasteiger partial charge in [0.15, 0.2) is 0 Å². The maximum absolute atomic E-state index is 12.0. The maximum Gasteiger partial charge on any atom is 0.244 e. The van der Waals surface area contributed by atoms with E-state index in [-0.39, 0.29) is 11.9 Å². The van der Waals surface area contributed by atoms with Gasteiger partial charge in [0, 0.05) is 27.5 Å². The summed E-state index contributed by atoms with van der Waals surface area (Å²) in [5.74, 6) is -0.149. The SMILES string of the molecule is CN(C)C(CNC(=O)/C=C/c1cc(Cl)cc(Cl)c1)c1cccs1. The van der Waals surface area contributed by atoms with Crippen LogP contribution < -0.4 is 5.32 Å². The van der Waals surface area contributed by atoms with Crippen LogP contribution in [0.25, 0.3) is 6.08 Å². The summed E-state index contributed by atoms with van der Waals surface area (Å²) in [4.78, 5) is 15.3. The molecule has 0 saturated carbocycles. The molecule has 6 heteroatoms. The minimum Gasteiger partial charge on any atom is -0.351 e. The average molecular weight is 369 g/mol. The van der Waals surface area contributed by atoms with Gasteiger partial charge in [0.2, 0.25) is 5.91 Å². The van der Waals surface area contributed by atoms with Gasteiger partial charge < -0.3 is 10.2 Å². The second-order valence-corrected chi connectivity index (χ2v) is 7.13. The van der Waals surface area contributed by atoms with Gasteiger partial charge in [-0.25, -0.2) is 0 Å². The van der Waals surface area contributed by atoms with Gasteiger partial charge in [0.25, 0.3) is 0 Å². The third-order valence-electron chi connectivity index (χ3n) is 3.28. The fourth-order valence-corrected chi connectivity index (χ4v) is 3.58. The molecule has 0 aliphatic carbocycles. The predicted octanol–water partition coefficient (Wildman–Crippen LogP) is 4.49. The minimum atomic E-state index is -0.149. The zero-order valence-corrected chi connectivity index (χ0v) is 15.3. The lowest BCUT2D eigenvalue weighted by atomic mass is 10.2. The zero-order chi connectivity index (χ0) is 16.8. The molecule has 1 atom stereocenters. The average Bonchev–Trinajstić information content (AvgIpc) is 2.98. The van der Waals surface area contributed by atoms with Crippen LogP contribution in [0.4, 0.5) is 0 Å². The van der Waals surface area contributed by atoms with Gasteiger partial charge >= 0.3 is 0 Å². The molecule has 0 saturated heterocycles. The summed E-state index contributed by atoms with van der Waals surface area (Å²) in [6.45, 7) is 0.549. The molecule has 0 fully saturated rings. The Balaban J connectivity index is 1.95. The van der Waals surface area contributed by atoms with Crippen LogP contribution in [0.3, 0.4) is 0 Å². The third kappa shape index (κ3) is 5.66. The lowest BCUT2D eigenvalue weighted by molar-refractivity contribution is -0.116. The largest absolute Gasteiger partial charge is 0.351 e. The number of carbonyl (C=O) groups excluding carboxylic acids is 1. The first kappa shape index (κ1) is 18.0. The third-order valence-corrected chi connectivity index (χ3v) is 4.69. The van der Waals surface area contributed by atoms with Crippen molar-refractivity contribution < 1.29 is 4.79 Å². The standard InChI is InChI=1S/C17H18Cl2N2OS/c1-21(2)15(16-4-3-7-23-16)11-20-17(22)6-5-12-8-13(18)10-14(19)9-12/h3-10,15H,11H2,1-2H3,(H,20,22)/b6-5+. The van der Waals surface area contributed by atoms with Crippen molar-refractivity contribution >= 4 is 46.5 Å². The summed E-state index contributed by atoms with van der Waals surface area (Å²) < 4.78 is 0. The molecular formula is C17H18Cl2N2OS. The quantitative estimate of drug-likeness (QED) is 0.761. The van der Waals surface area contributed by atoms with E-state index in [1.807, 2.05) is 25.5 Å². The Hall–Kier alpha value is -1.33. The van der Waals surface area contributed by atoms with E-state index in [2.05, 4.69) is 16.3 Å². The van der Waals surface area contributed by atoms with Gasteiger partial charge in [0.1, 0.15) is 0 Å². The van der Waals surface area contributed by atoms with Gasteiger partial charge in [-0.05, 0) is 55.4 Å². The monoisotopic (exact) mass is 368 g/mol. The highest BCUT2D eigenvalue weighted by Gasteiger charge is 2.15. The van der Waals surface area contributed by atoms with Crippen LogP contribution in [-0.2, 0) is 4.79 Å². The van der Waals surface area contributed by atoms with E-state index in [1.165, 1.54) is 11.0 Å². The number of nitrogens with one attached hydrogen (secondary N) is 1. The molecule has 1 unspecified atom stereocenters. The smallest absolute Gasteiger partial charge is 0.244 e. The molecular weight excluding hydrogens is 351 g/mol. The molecule has 1 aromatic carbocycles. The Morgan fingerprint density at radius 3 is 2.57 bits per heavy atom. The first-order valence-corrected chi connectivity index (χ1v) is 8.71. The Morgan fingerprint density at radius 2 is 2.00 bits per heavy atom. The Morgan fingerprint density at radius 1 is 1.30 bits per heavy atom. The maximum atomic E-state index is 12.0. The van der Waals surface area contributed by atoms with Gasteiger partial charge in [0.05, 0.1) is 6.04 Å². The summed E-state index contributed by atoms with van der Waals surface area (Å²) in [5, 5.41) is 6.05. The molecule has 0 radical (unpaired) electrons. The van der Waals surface area contributed by atoms with Crippen molar-refractivity contribution in [1.82, 2.24) is 10.2 Å². The number of nitrogens with zero attached hydrogens (tertiary/aromatic N) is 1.